The Morgan fingerprint density at radius 1 is 1.44 bits per heavy atom. The smallest absolute Gasteiger partial charge is 0.142 e. The highest BCUT2D eigenvalue weighted by molar-refractivity contribution is 6.31. The molecule has 2 rings (SSSR count). The summed E-state index contributed by atoms with van der Waals surface area (Å²) in [5, 5.41) is 0.242. The second-order valence-electron chi connectivity index (χ2n) is 5.12. The van der Waals surface area contributed by atoms with Crippen molar-refractivity contribution < 1.29 is 4.39 Å². The standard InChI is InChI=1S/C14H20ClFN2/c1-18(13-7-3-4-10(13)8-17)9-11-5-2-6-12(16)14(11)15/h2,5-6,10,13H,3-4,7-9,17H2,1H3. The molecule has 0 aliphatic heterocycles. The molecule has 2 unspecified atom stereocenters. The molecule has 0 amide bonds. The molecule has 100 valence electrons. The van der Waals surface area contributed by atoms with Gasteiger partial charge in [-0.05, 0) is 44.0 Å². The fraction of sp³-hybridized carbons (Fsp3) is 0.571. The van der Waals surface area contributed by atoms with Crippen LogP contribution in [-0.4, -0.2) is 24.5 Å². The van der Waals surface area contributed by atoms with E-state index in [1.807, 2.05) is 6.07 Å². The largest absolute Gasteiger partial charge is 0.330 e. The van der Waals surface area contributed by atoms with Crippen LogP contribution >= 0.6 is 11.6 Å². The molecule has 1 aliphatic carbocycles. The molecule has 0 bridgehead atoms. The molecular weight excluding hydrogens is 251 g/mol. The number of halogens is 2. The average Bonchev–Trinajstić information content (AvgIpc) is 2.83. The van der Waals surface area contributed by atoms with Gasteiger partial charge < -0.3 is 5.73 Å². The molecule has 1 aliphatic rings. The lowest BCUT2D eigenvalue weighted by molar-refractivity contribution is 0.192. The van der Waals surface area contributed by atoms with Gasteiger partial charge in [0.2, 0.25) is 0 Å². The summed E-state index contributed by atoms with van der Waals surface area (Å²) in [5.74, 6) is 0.215. The Balaban J connectivity index is 2.06. The molecule has 0 saturated heterocycles. The lowest BCUT2D eigenvalue weighted by Crippen LogP contribution is -2.37. The van der Waals surface area contributed by atoms with Crippen molar-refractivity contribution in [3.63, 3.8) is 0 Å². The van der Waals surface area contributed by atoms with Gasteiger partial charge in [0, 0.05) is 12.6 Å². The Bertz CT molecular complexity index is 411. The fourth-order valence-corrected chi connectivity index (χ4v) is 3.11. The first-order chi connectivity index (χ1) is 8.63. The minimum absolute atomic E-state index is 0.242. The highest BCUT2D eigenvalue weighted by Crippen LogP contribution is 2.30. The topological polar surface area (TPSA) is 29.3 Å². The summed E-state index contributed by atoms with van der Waals surface area (Å²) in [6, 6.07) is 5.48. The van der Waals surface area contributed by atoms with Crippen LogP contribution in [0, 0.1) is 11.7 Å². The second kappa shape index (κ2) is 6.00. The van der Waals surface area contributed by atoms with Crippen LogP contribution in [0.15, 0.2) is 18.2 Å². The Kier molecular flexibility index (Phi) is 4.60. The van der Waals surface area contributed by atoms with Crippen LogP contribution in [-0.2, 0) is 6.54 Å². The third kappa shape index (κ3) is 2.85. The number of nitrogens with zero attached hydrogens (tertiary/aromatic N) is 1. The van der Waals surface area contributed by atoms with Crippen molar-refractivity contribution in [3.05, 3.63) is 34.6 Å². The van der Waals surface area contributed by atoms with Crippen LogP contribution in [0.5, 0.6) is 0 Å². The molecule has 1 aromatic carbocycles. The number of benzene rings is 1. The summed E-state index contributed by atoms with van der Waals surface area (Å²) in [7, 11) is 2.07. The van der Waals surface area contributed by atoms with Crippen molar-refractivity contribution in [2.45, 2.75) is 31.8 Å². The van der Waals surface area contributed by atoms with Gasteiger partial charge in [-0.15, -0.1) is 0 Å². The number of nitrogens with two attached hydrogens (primary N) is 1. The van der Waals surface area contributed by atoms with Crippen LogP contribution in [0.1, 0.15) is 24.8 Å². The third-order valence-electron chi connectivity index (χ3n) is 3.94. The van der Waals surface area contributed by atoms with Crippen LogP contribution in [0.25, 0.3) is 0 Å². The average molecular weight is 271 g/mol. The maximum Gasteiger partial charge on any atom is 0.142 e. The molecule has 0 aromatic heterocycles. The monoisotopic (exact) mass is 270 g/mol. The van der Waals surface area contributed by atoms with Gasteiger partial charge in [-0.25, -0.2) is 4.39 Å². The molecule has 0 heterocycles. The van der Waals surface area contributed by atoms with Crippen LogP contribution < -0.4 is 5.73 Å². The van der Waals surface area contributed by atoms with E-state index in [0.717, 1.165) is 12.1 Å². The summed E-state index contributed by atoms with van der Waals surface area (Å²) >= 11 is 5.99. The highest BCUT2D eigenvalue weighted by Gasteiger charge is 2.29. The number of hydrogen-bond donors (Lipinski definition) is 1. The Morgan fingerprint density at radius 2 is 2.22 bits per heavy atom. The summed E-state index contributed by atoms with van der Waals surface area (Å²) in [5.41, 5.74) is 6.65. The first kappa shape index (κ1) is 13.8. The quantitative estimate of drug-likeness (QED) is 0.911. The van der Waals surface area contributed by atoms with Crippen LogP contribution in [0.2, 0.25) is 5.02 Å². The van der Waals surface area contributed by atoms with Gasteiger partial charge in [0.1, 0.15) is 5.82 Å². The van der Waals surface area contributed by atoms with E-state index in [-0.39, 0.29) is 10.8 Å². The summed E-state index contributed by atoms with van der Waals surface area (Å²) in [6.45, 7) is 1.41. The molecule has 1 saturated carbocycles. The van der Waals surface area contributed by atoms with Crippen molar-refractivity contribution in [1.82, 2.24) is 4.90 Å². The van der Waals surface area contributed by atoms with Gasteiger partial charge in [0.15, 0.2) is 0 Å². The summed E-state index contributed by atoms with van der Waals surface area (Å²) in [6.07, 6.45) is 3.60. The summed E-state index contributed by atoms with van der Waals surface area (Å²) < 4.78 is 13.4. The zero-order valence-electron chi connectivity index (χ0n) is 10.7. The molecule has 2 N–H and O–H groups in total. The maximum atomic E-state index is 13.4. The molecular formula is C14H20ClFN2. The minimum atomic E-state index is -0.343. The van der Waals surface area contributed by atoms with Gasteiger partial charge in [-0.3, -0.25) is 4.90 Å². The molecule has 1 fully saturated rings. The Hall–Kier alpha value is -0.640. The van der Waals surface area contributed by atoms with Crippen molar-refractivity contribution in [1.29, 1.82) is 0 Å². The Labute approximate surface area is 113 Å². The number of hydrogen-bond acceptors (Lipinski definition) is 2. The third-order valence-corrected chi connectivity index (χ3v) is 4.36. The lowest BCUT2D eigenvalue weighted by Gasteiger charge is -2.29. The minimum Gasteiger partial charge on any atom is -0.330 e. The predicted octanol–water partition coefficient (Wildman–Crippen LogP) is 3.04. The normalized spacial score (nSPS) is 23.8. The van der Waals surface area contributed by atoms with E-state index in [0.29, 0.717) is 18.5 Å². The maximum absolute atomic E-state index is 13.4. The molecule has 4 heteroatoms. The van der Waals surface area contributed by atoms with E-state index in [4.69, 9.17) is 17.3 Å². The second-order valence-corrected chi connectivity index (χ2v) is 5.50. The predicted molar refractivity (Wildman–Crippen MR) is 73.1 cm³/mol. The van der Waals surface area contributed by atoms with Gasteiger partial charge in [-0.1, -0.05) is 30.2 Å². The van der Waals surface area contributed by atoms with Gasteiger partial charge in [0.25, 0.3) is 0 Å². The molecule has 1 aromatic rings. The summed E-state index contributed by atoms with van der Waals surface area (Å²) in [4.78, 5) is 2.26. The van der Waals surface area contributed by atoms with Gasteiger partial charge in [-0.2, -0.15) is 0 Å². The Morgan fingerprint density at radius 3 is 2.94 bits per heavy atom. The molecule has 2 nitrogen and oxygen atoms in total. The first-order valence-corrected chi connectivity index (χ1v) is 6.84. The van der Waals surface area contributed by atoms with E-state index in [9.17, 15) is 4.39 Å². The van der Waals surface area contributed by atoms with Gasteiger partial charge in [0.05, 0.1) is 5.02 Å². The number of rotatable bonds is 4. The van der Waals surface area contributed by atoms with Crippen molar-refractivity contribution in [2.75, 3.05) is 13.6 Å². The van der Waals surface area contributed by atoms with E-state index < -0.39 is 0 Å². The SMILES string of the molecule is CN(Cc1cccc(F)c1Cl)C1CCCC1CN. The van der Waals surface area contributed by atoms with E-state index >= 15 is 0 Å². The van der Waals surface area contributed by atoms with E-state index in [1.54, 1.807) is 6.07 Å². The highest BCUT2D eigenvalue weighted by atomic mass is 35.5. The van der Waals surface area contributed by atoms with E-state index in [1.165, 1.54) is 25.3 Å². The first-order valence-electron chi connectivity index (χ1n) is 6.46. The zero-order chi connectivity index (χ0) is 13.1. The molecule has 0 radical (unpaired) electrons. The van der Waals surface area contributed by atoms with Gasteiger partial charge >= 0.3 is 0 Å². The zero-order valence-corrected chi connectivity index (χ0v) is 11.5. The van der Waals surface area contributed by atoms with E-state index in [2.05, 4.69) is 11.9 Å². The van der Waals surface area contributed by atoms with Crippen LogP contribution in [0.4, 0.5) is 4.39 Å². The fourth-order valence-electron chi connectivity index (χ4n) is 2.93. The lowest BCUT2D eigenvalue weighted by atomic mass is 10.0. The molecule has 0 spiro atoms. The van der Waals surface area contributed by atoms with Crippen molar-refractivity contribution >= 4 is 11.6 Å². The van der Waals surface area contributed by atoms with Crippen molar-refractivity contribution in [2.24, 2.45) is 11.7 Å². The van der Waals surface area contributed by atoms with Crippen LogP contribution in [0.3, 0.4) is 0 Å². The van der Waals surface area contributed by atoms with Crippen molar-refractivity contribution in [3.8, 4) is 0 Å². The molecule has 18 heavy (non-hydrogen) atoms. The molecule has 2 atom stereocenters.